The van der Waals surface area contributed by atoms with Gasteiger partial charge in [-0.2, -0.15) is 0 Å². The smallest absolute Gasteiger partial charge is 0.323 e. The van der Waals surface area contributed by atoms with Crippen LogP contribution in [-0.4, -0.2) is 21.2 Å². The normalized spacial score (nSPS) is 10.5. The van der Waals surface area contributed by atoms with Gasteiger partial charge in [0.05, 0.1) is 10.4 Å². The number of halogens is 1. The number of H-pyrrole nitrogens is 1. The zero-order chi connectivity index (χ0) is 11.0. The standard InChI is InChI=1S/C8H4BrN3O3/c9-4-1-5-7(10-2-4)8(12(14)15)6(3-13)11-5/h1-3,11H. The quantitative estimate of drug-likeness (QED) is 0.513. The fourth-order valence-electron chi connectivity index (χ4n) is 1.33. The summed E-state index contributed by atoms with van der Waals surface area (Å²) in [7, 11) is 0. The van der Waals surface area contributed by atoms with Gasteiger partial charge in [0.15, 0.2) is 17.5 Å². The van der Waals surface area contributed by atoms with Gasteiger partial charge in [-0.3, -0.25) is 14.9 Å². The molecule has 0 atom stereocenters. The Bertz CT molecular complexity index is 564. The predicted molar refractivity (Wildman–Crippen MR) is 55.8 cm³/mol. The maximum Gasteiger partial charge on any atom is 0.323 e. The van der Waals surface area contributed by atoms with E-state index >= 15 is 0 Å². The molecule has 0 bridgehead atoms. The highest BCUT2D eigenvalue weighted by Crippen LogP contribution is 2.28. The summed E-state index contributed by atoms with van der Waals surface area (Å²) in [5.41, 5.74) is 0.288. The van der Waals surface area contributed by atoms with Gasteiger partial charge in [-0.05, 0) is 22.0 Å². The summed E-state index contributed by atoms with van der Waals surface area (Å²) >= 11 is 3.18. The zero-order valence-electron chi connectivity index (χ0n) is 7.23. The molecule has 0 aromatic carbocycles. The van der Waals surface area contributed by atoms with E-state index in [9.17, 15) is 14.9 Å². The number of fused-ring (bicyclic) bond motifs is 1. The number of aldehydes is 1. The Morgan fingerprint density at radius 2 is 2.33 bits per heavy atom. The molecule has 0 unspecified atom stereocenters. The lowest BCUT2D eigenvalue weighted by Crippen LogP contribution is -1.92. The van der Waals surface area contributed by atoms with Crippen LogP contribution >= 0.6 is 15.9 Å². The third kappa shape index (κ3) is 1.50. The Labute approximate surface area is 91.6 Å². The Balaban J connectivity index is 2.86. The van der Waals surface area contributed by atoms with Crippen molar-refractivity contribution in [3.05, 3.63) is 32.5 Å². The summed E-state index contributed by atoms with van der Waals surface area (Å²) in [6.07, 6.45) is 1.85. The van der Waals surface area contributed by atoms with Crippen molar-refractivity contribution < 1.29 is 9.72 Å². The average molecular weight is 270 g/mol. The highest BCUT2D eigenvalue weighted by Gasteiger charge is 2.22. The van der Waals surface area contributed by atoms with E-state index in [4.69, 9.17) is 0 Å². The predicted octanol–water partition coefficient (Wildman–Crippen LogP) is 2.05. The molecule has 0 aliphatic carbocycles. The van der Waals surface area contributed by atoms with Gasteiger partial charge in [0.2, 0.25) is 0 Å². The fourth-order valence-corrected chi connectivity index (χ4v) is 1.66. The molecule has 6 nitrogen and oxygen atoms in total. The van der Waals surface area contributed by atoms with Crippen LogP contribution in [0.25, 0.3) is 11.0 Å². The van der Waals surface area contributed by atoms with Crippen LogP contribution in [0.3, 0.4) is 0 Å². The van der Waals surface area contributed by atoms with E-state index in [-0.39, 0.29) is 16.9 Å². The SMILES string of the molecule is O=Cc1[nH]c2cc(Br)cnc2c1[N+](=O)[O-]. The first-order valence-electron chi connectivity index (χ1n) is 3.90. The molecule has 1 N–H and O–H groups in total. The van der Waals surface area contributed by atoms with Gasteiger partial charge >= 0.3 is 5.69 Å². The second kappa shape index (κ2) is 3.43. The van der Waals surface area contributed by atoms with Crippen molar-refractivity contribution in [2.24, 2.45) is 0 Å². The minimum Gasteiger partial charge on any atom is -0.345 e. The van der Waals surface area contributed by atoms with E-state index in [1.807, 2.05) is 0 Å². The van der Waals surface area contributed by atoms with Crippen LogP contribution in [0.2, 0.25) is 0 Å². The van der Waals surface area contributed by atoms with Crippen LogP contribution in [0, 0.1) is 10.1 Å². The number of nitro groups is 1. The van der Waals surface area contributed by atoms with E-state index in [1.54, 1.807) is 6.07 Å². The number of hydrogen-bond acceptors (Lipinski definition) is 4. The second-order valence-electron chi connectivity index (χ2n) is 2.81. The number of aromatic nitrogens is 2. The van der Waals surface area contributed by atoms with Crippen LogP contribution in [0.15, 0.2) is 16.7 Å². The fraction of sp³-hybridized carbons (Fsp3) is 0. The van der Waals surface area contributed by atoms with Crippen molar-refractivity contribution in [1.82, 2.24) is 9.97 Å². The van der Waals surface area contributed by atoms with E-state index in [1.165, 1.54) is 6.20 Å². The van der Waals surface area contributed by atoms with E-state index in [0.717, 1.165) is 0 Å². The summed E-state index contributed by atoms with van der Waals surface area (Å²) in [6.45, 7) is 0. The first-order chi connectivity index (χ1) is 7.13. The van der Waals surface area contributed by atoms with Gasteiger partial charge in [-0.15, -0.1) is 0 Å². The Kier molecular flexibility index (Phi) is 2.24. The molecule has 2 aromatic rings. The van der Waals surface area contributed by atoms with E-state index in [2.05, 4.69) is 25.9 Å². The molecule has 0 saturated heterocycles. The third-order valence-electron chi connectivity index (χ3n) is 1.90. The molecule has 2 heterocycles. The molecule has 0 spiro atoms. The summed E-state index contributed by atoms with van der Waals surface area (Å²) < 4.78 is 0.684. The number of rotatable bonds is 2. The summed E-state index contributed by atoms with van der Waals surface area (Å²) in [6, 6.07) is 1.63. The number of pyridine rings is 1. The molecule has 2 aromatic heterocycles. The summed E-state index contributed by atoms with van der Waals surface area (Å²) in [5, 5.41) is 10.7. The van der Waals surface area contributed by atoms with Crippen molar-refractivity contribution in [2.75, 3.05) is 0 Å². The molecule has 0 aliphatic heterocycles. The number of nitrogens with one attached hydrogen (secondary N) is 1. The van der Waals surface area contributed by atoms with Gasteiger partial charge in [-0.1, -0.05) is 0 Å². The zero-order valence-corrected chi connectivity index (χ0v) is 8.82. The van der Waals surface area contributed by atoms with Crippen LogP contribution in [-0.2, 0) is 0 Å². The molecule has 7 heteroatoms. The van der Waals surface area contributed by atoms with E-state index < -0.39 is 4.92 Å². The average Bonchev–Trinajstić information content (AvgIpc) is 2.54. The largest absolute Gasteiger partial charge is 0.345 e. The lowest BCUT2D eigenvalue weighted by molar-refractivity contribution is -0.383. The lowest BCUT2D eigenvalue weighted by atomic mass is 10.3. The molecule has 0 fully saturated rings. The molecule has 2 rings (SSSR count). The Hall–Kier alpha value is -1.76. The first-order valence-corrected chi connectivity index (χ1v) is 4.69. The van der Waals surface area contributed by atoms with Gasteiger partial charge < -0.3 is 4.98 Å². The molecule has 76 valence electrons. The second-order valence-corrected chi connectivity index (χ2v) is 3.73. The maximum absolute atomic E-state index is 10.7. The number of aromatic amines is 1. The van der Waals surface area contributed by atoms with E-state index in [0.29, 0.717) is 16.3 Å². The Morgan fingerprint density at radius 1 is 1.60 bits per heavy atom. The van der Waals surface area contributed by atoms with Crippen molar-refractivity contribution >= 4 is 38.9 Å². The monoisotopic (exact) mass is 269 g/mol. The molecule has 0 saturated carbocycles. The number of carbonyl (C=O) groups is 1. The van der Waals surface area contributed by atoms with Crippen molar-refractivity contribution in [3.8, 4) is 0 Å². The lowest BCUT2D eigenvalue weighted by Gasteiger charge is -1.90. The topological polar surface area (TPSA) is 88.9 Å². The van der Waals surface area contributed by atoms with Gasteiger partial charge in [0.1, 0.15) is 0 Å². The van der Waals surface area contributed by atoms with Gasteiger partial charge in [0.25, 0.3) is 0 Å². The highest BCUT2D eigenvalue weighted by molar-refractivity contribution is 9.10. The first kappa shape index (κ1) is 9.78. The van der Waals surface area contributed by atoms with Crippen molar-refractivity contribution in [3.63, 3.8) is 0 Å². The number of hydrogen-bond donors (Lipinski definition) is 1. The number of nitrogens with zero attached hydrogens (tertiary/aromatic N) is 2. The van der Waals surface area contributed by atoms with Crippen LogP contribution in [0.5, 0.6) is 0 Å². The molecule has 0 aliphatic rings. The molecular weight excluding hydrogens is 266 g/mol. The van der Waals surface area contributed by atoms with Gasteiger partial charge in [-0.25, -0.2) is 4.98 Å². The summed E-state index contributed by atoms with van der Waals surface area (Å²) in [4.78, 5) is 27.2. The van der Waals surface area contributed by atoms with Crippen LogP contribution < -0.4 is 0 Å². The van der Waals surface area contributed by atoms with Crippen molar-refractivity contribution in [1.29, 1.82) is 0 Å². The Morgan fingerprint density at radius 3 is 2.93 bits per heavy atom. The van der Waals surface area contributed by atoms with Crippen LogP contribution in [0.1, 0.15) is 10.5 Å². The summed E-state index contributed by atoms with van der Waals surface area (Å²) in [5.74, 6) is 0. The van der Waals surface area contributed by atoms with Crippen molar-refractivity contribution in [2.45, 2.75) is 0 Å². The highest BCUT2D eigenvalue weighted by atomic mass is 79.9. The molecule has 0 radical (unpaired) electrons. The minimum atomic E-state index is -0.622. The van der Waals surface area contributed by atoms with Crippen LogP contribution in [0.4, 0.5) is 5.69 Å². The molecular formula is C8H4BrN3O3. The minimum absolute atomic E-state index is 0.0689. The number of carbonyl (C=O) groups excluding carboxylic acids is 1. The molecule has 0 amide bonds. The maximum atomic E-state index is 10.7. The molecule has 15 heavy (non-hydrogen) atoms. The van der Waals surface area contributed by atoms with Gasteiger partial charge in [0, 0.05) is 10.7 Å². The third-order valence-corrected chi connectivity index (χ3v) is 2.34.